The molecular weight excluding hydrogens is 314 g/mol. The van der Waals surface area contributed by atoms with Crippen LogP contribution < -0.4 is 10.5 Å². The van der Waals surface area contributed by atoms with E-state index in [0.29, 0.717) is 42.2 Å². The number of piperidine rings is 1. The summed E-state index contributed by atoms with van der Waals surface area (Å²) in [4.78, 5) is 14.1. The maximum absolute atomic E-state index is 12.4. The molecule has 0 unspecified atom stereocenters. The van der Waals surface area contributed by atoms with Crippen molar-refractivity contribution in [1.82, 2.24) is 9.62 Å². The van der Waals surface area contributed by atoms with Crippen LogP contribution >= 0.6 is 11.6 Å². The van der Waals surface area contributed by atoms with Gasteiger partial charge in [0.2, 0.25) is 10.0 Å². The number of amides is 1. The second-order valence-corrected chi connectivity index (χ2v) is 7.40. The quantitative estimate of drug-likeness (QED) is 0.810. The summed E-state index contributed by atoms with van der Waals surface area (Å²) < 4.78 is 25.0. The number of rotatable bonds is 3. The van der Waals surface area contributed by atoms with Crippen molar-refractivity contribution in [3.63, 3.8) is 0 Å². The van der Waals surface area contributed by atoms with Gasteiger partial charge in [0.25, 0.3) is 5.91 Å². The molecule has 1 fully saturated rings. The lowest BCUT2D eigenvalue weighted by atomic mass is 10.0. The zero-order valence-electron chi connectivity index (χ0n) is 11.7. The molecule has 0 aliphatic carbocycles. The largest absolute Gasteiger partial charge is 0.398 e. The van der Waals surface area contributed by atoms with Gasteiger partial charge in [-0.2, -0.15) is 0 Å². The van der Waals surface area contributed by atoms with Crippen LogP contribution in [0.1, 0.15) is 23.2 Å². The van der Waals surface area contributed by atoms with Crippen LogP contribution in [0.3, 0.4) is 0 Å². The third-order valence-electron chi connectivity index (χ3n) is 3.41. The van der Waals surface area contributed by atoms with Gasteiger partial charge in [-0.1, -0.05) is 11.6 Å². The van der Waals surface area contributed by atoms with E-state index < -0.39 is 10.0 Å². The van der Waals surface area contributed by atoms with E-state index in [-0.39, 0.29) is 11.9 Å². The lowest BCUT2D eigenvalue weighted by Gasteiger charge is -2.32. The molecule has 6 nitrogen and oxygen atoms in total. The highest BCUT2D eigenvalue weighted by atomic mass is 35.5. The minimum Gasteiger partial charge on any atom is -0.398 e. The number of anilines is 1. The minimum absolute atomic E-state index is 0.124. The Kier molecular flexibility index (Phi) is 4.75. The molecule has 0 saturated carbocycles. The van der Waals surface area contributed by atoms with Crippen molar-refractivity contribution in [3.05, 3.63) is 28.8 Å². The first-order valence-corrected chi connectivity index (χ1v) is 8.85. The number of carbonyl (C=O) groups excluding carboxylic acids is 1. The number of carbonyl (C=O) groups is 1. The van der Waals surface area contributed by atoms with Gasteiger partial charge in [-0.3, -0.25) is 4.79 Å². The number of likely N-dealkylation sites (tertiary alicyclic amines) is 1. The summed E-state index contributed by atoms with van der Waals surface area (Å²) in [7, 11) is -3.22. The highest BCUT2D eigenvalue weighted by Crippen LogP contribution is 2.21. The molecule has 116 valence electrons. The van der Waals surface area contributed by atoms with Crippen LogP contribution in [-0.2, 0) is 10.0 Å². The molecule has 0 bridgehead atoms. The number of halogens is 1. The van der Waals surface area contributed by atoms with Crippen LogP contribution in [0, 0.1) is 0 Å². The number of hydrogen-bond acceptors (Lipinski definition) is 4. The Hall–Kier alpha value is -1.31. The van der Waals surface area contributed by atoms with E-state index in [1.165, 1.54) is 0 Å². The number of nitrogen functional groups attached to an aromatic ring is 1. The van der Waals surface area contributed by atoms with Crippen LogP contribution in [0.4, 0.5) is 5.69 Å². The molecule has 0 spiro atoms. The molecule has 1 aliphatic heterocycles. The third-order valence-corrected chi connectivity index (χ3v) is 4.41. The molecule has 0 aromatic heterocycles. The molecule has 3 N–H and O–H groups in total. The molecule has 2 rings (SSSR count). The van der Waals surface area contributed by atoms with Crippen LogP contribution in [0.5, 0.6) is 0 Å². The molecule has 21 heavy (non-hydrogen) atoms. The van der Waals surface area contributed by atoms with Crippen LogP contribution in [-0.4, -0.2) is 44.6 Å². The molecule has 8 heteroatoms. The second kappa shape index (κ2) is 6.21. The van der Waals surface area contributed by atoms with Gasteiger partial charge in [-0.15, -0.1) is 0 Å². The molecule has 1 aromatic carbocycles. The Balaban J connectivity index is 2.02. The summed E-state index contributed by atoms with van der Waals surface area (Å²) >= 11 is 5.89. The summed E-state index contributed by atoms with van der Waals surface area (Å²) in [5, 5.41) is 0.459. The van der Waals surface area contributed by atoms with Gasteiger partial charge in [0.1, 0.15) is 0 Å². The van der Waals surface area contributed by atoms with Crippen LogP contribution in [0.15, 0.2) is 18.2 Å². The Labute approximate surface area is 129 Å². The zero-order chi connectivity index (χ0) is 15.6. The molecule has 1 aromatic rings. The summed E-state index contributed by atoms with van der Waals surface area (Å²) in [6, 6.07) is 4.67. The van der Waals surface area contributed by atoms with E-state index in [1.54, 1.807) is 23.1 Å². The number of nitrogens with two attached hydrogens (primary N) is 1. The number of nitrogens with one attached hydrogen (secondary N) is 1. The first kappa shape index (κ1) is 16.1. The van der Waals surface area contributed by atoms with Gasteiger partial charge in [0.05, 0.1) is 11.8 Å². The van der Waals surface area contributed by atoms with Crippen molar-refractivity contribution in [2.75, 3.05) is 25.1 Å². The predicted molar refractivity (Wildman–Crippen MR) is 82.8 cm³/mol. The van der Waals surface area contributed by atoms with Gasteiger partial charge in [-0.25, -0.2) is 13.1 Å². The van der Waals surface area contributed by atoms with Crippen LogP contribution in [0.2, 0.25) is 5.02 Å². The van der Waals surface area contributed by atoms with E-state index in [2.05, 4.69) is 4.72 Å². The molecule has 1 aliphatic rings. The van der Waals surface area contributed by atoms with Gasteiger partial charge < -0.3 is 10.6 Å². The van der Waals surface area contributed by atoms with Crippen molar-refractivity contribution >= 4 is 33.2 Å². The molecule has 0 radical (unpaired) electrons. The van der Waals surface area contributed by atoms with Crippen molar-refractivity contribution < 1.29 is 13.2 Å². The average molecular weight is 332 g/mol. The maximum atomic E-state index is 12.4. The summed E-state index contributed by atoms with van der Waals surface area (Å²) in [6.45, 7) is 0.968. The Morgan fingerprint density at radius 3 is 2.57 bits per heavy atom. The summed E-state index contributed by atoms with van der Waals surface area (Å²) in [5.41, 5.74) is 6.59. The fraction of sp³-hybridized carbons (Fsp3) is 0.462. The molecular formula is C13H18ClN3O3S. The van der Waals surface area contributed by atoms with E-state index in [0.717, 1.165) is 6.26 Å². The summed E-state index contributed by atoms with van der Waals surface area (Å²) in [6.07, 6.45) is 2.30. The summed E-state index contributed by atoms with van der Waals surface area (Å²) in [5.74, 6) is -0.173. The normalized spacial score (nSPS) is 17.0. The van der Waals surface area contributed by atoms with Crippen LogP contribution in [0.25, 0.3) is 0 Å². The van der Waals surface area contributed by atoms with E-state index in [9.17, 15) is 13.2 Å². The van der Waals surface area contributed by atoms with E-state index >= 15 is 0 Å². The smallest absolute Gasteiger partial charge is 0.255 e. The number of sulfonamides is 1. The standard InChI is InChI=1S/C13H18ClN3O3S/c1-21(19,20)16-10-4-6-17(7-5-10)13(18)11-8-9(14)2-3-12(11)15/h2-3,8,10,16H,4-7,15H2,1H3. The van der Waals surface area contributed by atoms with Gasteiger partial charge in [0.15, 0.2) is 0 Å². The second-order valence-electron chi connectivity index (χ2n) is 5.19. The Bertz CT molecular complexity index is 640. The lowest BCUT2D eigenvalue weighted by molar-refractivity contribution is 0.0712. The Morgan fingerprint density at radius 2 is 2.00 bits per heavy atom. The average Bonchev–Trinajstić information content (AvgIpc) is 2.40. The molecule has 1 amide bonds. The van der Waals surface area contributed by atoms with Crippen molar-refractivity contribution in [1.29, 1.82) is 0 Å². The van der Waals surface area contributed by atoms with Crippen molar-refractivity contribution in [2.45, 2.75) is 18.9 Å². The first-order valence-electron chi connectivity index (χ1n) is 6.58. The monoisotopic (exact) mass is 331 g/mol. The van der Waals surface area contributed by atoms with Gasteiger partial charge in [-0.05, 0) is 31.0 Å². The number of hydrogen-bond donors (Lipinski definition) is 2. The predicted octanol–water partition coefficient (Wildman–Crippen LogP) is 1.08. The number of nitrogens with zero attached hydrogens (tertiary/aromatic N) is 1. The fourth-order valence-corrected chi connectivity index (χ4v) is 3.40. The highest BCUT2D eigenvalue weighted by molar-refractivity contribution is 7.88. The first-order chi connectivity index (χ1) is 9.76. The minimum atomic E-state index is -3.22. The fourth-order valence-electron chi connectivity index (χ4n) is 2.39. The maximum Gasteiger partial charge on any atom is 0.255 e. The molecule has 0 atom stereocenters. The SMILES string of the molecule is CS(=O)(=O)NC1CCN(C(=O)c2cc(Cl)ccc2N)CC1. The van der Waals surface area contributed by atoms with Crippen molar-refractivity contribution in [3.8, 4) is 0 Å². The van der Waals surface area contributed by atoms with E-state index in [1.807, 2.05) is 0 Å². The Morgan fingerprint density at radius 1 is 1.38 bits per heavy atom. The van der Waals surface area contributed by atoms with Gasteiger partial charge >= 0.3 is 0 Å². The van der Waals surface area contributed by atoms with Gasteiger partial charge in [0, 0.05) is 29.8 Å². The number of benzene rings is 1. The lowest BCUT2D eigenvalue weighted by Crippen LogP contribution is -2.46. The molecule has 1 saturated heterocycles. The third kappa shape index (κ3) is 4.33. The zero-order valence-corrected chi connectivity index (χ0v) is 13.2. The topological polar surface area (TPSA) is 92.5 Å². The van der Waals surface area contributed by atoms with E-state index in [4.69, 9.17) is 17.3 Å². The van der Waals surface area contributed by atoms with Crippen molar-refractivity contribution in [2.24, 2.45) is 0 Å². The molecule has 1 heterocycles. The highest BCUT2D eigenvalue weighted by Gasteiger charge is 2.26.